The maximum atomic E-state index is 9.11. The van der Waals surface area contributed by atoms with Crippen LogP contribution in [-0.2, 0) is 13.0 Å². The monoisotopic (exact) mass is 235 g/mol. The molecule has 2 heterocycles. The Hall–Kier alpha value is -1.58. The van der Waals surface area contributed by atoms with Gasteiger partial charge < -0.3 is 16.5 Å². The van der Waals surface area contributed by atoms with Crippen LogP contribution in [0, 0.1) is 16.0 Å². The predicted molar refractivity (Wildman–Crippen MR) is 64.6 cm³/mol. The summed E-state index contributed by atoms with van der Waals surface area (Å²) in [5.74, 6) is 6.01. The molecule has 0 saturated carbocycles. The molecule has 4 N–H and O–H groups in total. The molecule has 16 heavy (non-hydrogen) atoms. The molecular formula is C10H13N5S. The minimum absolute atomic E-state index is 0.260. The molecule has 1 aliphatic rings. The average Bonchev–Trinajstić information content (AvgIpc) is 2.28. The lowest BCUT2D eigenvalue weighted by Gasteiger charge is -2.27. The van der Waals surface area contributed by atoms with Gasteiger partial charge in [-0.3, -0.25) is 0 Å². The summed E-state index contributed by atoms with van der Waals surface area (Å²) < 4.78 is 1.75. The lowest BCUT2D eigenvalue weighted by atomic mass is 9.97. The second kappa shape index (κ2) is 3.77. The fourth-order valence-corrected chi connectivity index (χ4v) is 2.31. The van der Waals surface area contributed by atoms with Gasteiger partial charge in [0.2, 0.25) is 0 Å². The fourth-order valence-electron chi connectivity index (χ4n) is 2.03. The van der Waals surface area contributed by atoms with Gasteiger partial charge in [-0.1, -0.05) is 12.2 Å². The molecule has 0 saturated heterocycles. The molecule has 1 aliphatic heterocycles. The predicted octanol–water partition coefficient (Wildman–Crippen LogP) is 0.373. The normalized spacial score (nSPS) is 15.5. The van der Waals surface area contributed by atoms with E-state index in [-0.39, 0.29) is 5.82 Å². The minimum atomic E-state index is 0.260. The highest BCUT2D eigenvalue weighted by atomic mass is 32.1. The van der Waals surface area contributed by atoms with E-state index in [0.717, 1.165) is 30.6 Å². The number of hydrogen-bond donors (Lipinski definition) is 2. The molecule has 0 aromatic carbocycles. The Morgan fingerprint density at radius 2 is 2.12 bits per heavy atom. The number of fused-ring (bicyclic) bond motifs is 1. The summed E-state index contributed by atoms with van der Waals surface area (Å²) in [7, 11) is 2.01. The van der Waals surface area contributed by atoms with Crippen LogP contribution in [0.3, 0.4) is 0 Å². The van der Waals surface area contributed by atoms with Crippen LogP contribution in [-0.4, -0.2) is 23.2 Å². The molecule has 0 aliphatic carbocycles. The first-order chi connectivity index (χ1) is 7.56. The number of hydrogen-bond acceptors (Lipinski definition) is 5. The van der Waals surface area contributed by atoms with Crippen LogP contribution in [0.25, 0.3) is 0 Å². The van der Waals surface area contributed by atoms with Crippen LogP contribution in [0.15, 0.2) is 0 Å². The molecule has 0 amide bonds. The van der Waals surface area contributed by atoms with E-state index in [1.165, 1.54) is 4.68 Å². The van der Waals surface area contributed by atoms with Crippen molar-refractivity contribution in [2.75, 3.05) is 25.2 Å². The Balaban J connectivity index is 2.78. The van der Waals surface area contributed by atoms with Crippen molar-refractivity contribution in [3.05, 3.63) is 21.3 Å². The maximum absolute atomic E-state index is 9.11. The molecule has 0 atom stereocenters. The second-order valence-corrected chi connectivity index (χ2v) is 4.38. The SMILES string of the molecule is CN1CCc2c(C#N)c(N)n(N)c(=S)c2C1. The van der Waals surface area contributed by atoms with Gasteiger partial charge in [-0.2, -0.15) is 5.26 Å². The highest BCUT2D eigenvalue weighted by Crippen LogP contribution is 2.26. The Morgan fingerprint density at radius 1 is 1.44 bits per heavy atom. The van der Waals surface area contributed by atoms with E-state index in [0.29, 0.717) is 10.2 Å². The number of likely N-dealkylation sites (N-methyl/N-ethyl adjacent to an activating group) is 1. The van der Waals surface area contributed by atoms with Crippen molar-refractivity contribution in [2.45, 2.75) is 13.0 Å². The van der Waals surface area contributed by atoms with Gasteiger partial charge in [0.05, 0.1) is 5.56 Å². The fraction of sp³-hybridized carbons (Fsp3) is 0.400. The molecule has 1 aromatic heterocycles. The summed E-state index contributed by atoms with van der Waals surface area (Å²) in [4.78, 5) is 2.15. The summed E-state index contributed by atoms with van der Waals surface area (Å²) in [5, 5.41) is 9.11. The molecule has 0 radical (unpaired) electrons. The molecule has 1 aromatic rings. The zero-order valence-corrected chi connectivity index (χ0v) is 9.84. The first-order valence-electron chi connectivity index (χ1n) is 4.96. The van der Waals surface area contributed by atoms with Crippen molar-refractivity contribution >= 4 is 18.0 Å². The van der Waals surface area contributed by atoms with Gasteiger partial charge in [-0.05, 0) is 19.0 Å². The molecule has 0 fully saturated rings. The highest BCUT2D eigenvalue weighted by molar-refractivity contribution is 7.71. The number of nitrogen functional groups attached to an aromatic ring is 2. The van der Waals surface area contributed by atoms with Gasteiger partial charge in [-0.25, -0.2) is 4.68 Å². The maximum Gasteiger partial charge on any atom is 0.141 e. The number of nitriles is 1. The van der Waals surface area contributed by atoms with Crippen LogP contribution in [0.1, 0.15) is 16.7 Å². The van der Waals surface area contributed by atoms with Crippen LogP contribution in [0.4, 0.5) is 5.82 Å². The zero-order chi connectivity index (χ0) is 11.9. The molecule has 5 nitrogen and oxygen atoms in total. The number of aromatic nitrogens is 1. The molecular weight excluding hydrogens is 222 g/mol. The number of rotatable bonds is 0. The molecule has 0 bridgehead atoms. The number of nitrogens with zero attached hydrogens (tertiary/aromatic N) is 3. The lowest BCUT2D eigenvalue weighted by molar-refractivity contribution is 0.311. The van der Waals surface area contributed by atoms with Crippen molar-refractivity contribution in [3.8, 4) is 6.07 Å². The summed E-state index contributed by atoms with van der Waals surface area (Å²) >= 11 is 5.25. The van der Waals surface area contributed by atoms with E-state index in [4.69, 9.17) is 29.1 Å². The van der Waals surface area contributed by atoms with Gasteiger partial charge in [0.25, 0.3) is 0 Å². The van der Waals surface area contributed by atoms with Crippen molar-refractivity contribution in [1.29, 1.82) is 5.26 Å². The van der Waals surface area contributed by atoms with Crippen molar-refractivity contribution < 1.29 is 0 Å². The summed E-state index contributed by atoms with van der Waals surface area (Å²) in [5.41, 5.74) is 8.18. The second-order valence-electron chi connectivity index (χ2n) is 3.99. The number of nitrogens with two attached hydrogens (primary N) is 2. The summed E-state index contributed by atoms with van der Waals surface area (Å²) in [6.07, 6.45) is 0.795. The Labute approximate surface area is 98.8 Å². The first kappa shape index (κ1) is 10.9. The smallest absolute Gasteiger partial charge is 0.141 e. The van der Waals surface area contributed by atoms with E-state index in [1.807, 2.05) is 7.05 Å². The molecule has 0 unspecified atom stereocenters. The third-order valence-electron chi connectivity index (χ3n) is 2.94. The molecule has 0 spiro atoms. The average molecular weight is 235 g/mol. The van der Waals surface area contributed by atoms with E-state index >= 15 is 0 Å². The quantitative estimate of drug-likeness (QED) is 0.501. The van der Waals surface area contributed by atoms with Crippen molar-refractivity contribution in [3.63, 3.8) is 0 Å². The highest BCUT2D eigenvalue weighted by Gasteiger charge is 2.21. The van der Waals surface area contributed by atoms with Gasteiger partial charge in [0.1, 0.15) is 16.5 Å². The molecule has 2 rings (SSSR count). The largest absolute Gasteiger partial charge is 0.383 e. The third-order valence-corrected chi connectivity index (χ3v) is 3.39. The van der Waals surface area contributed by atoms with Crippen LogP contribution < -0.4 is 11.6 Å². The Kier molecular flexibility index (Phi) is 2.58. The first-order valence-corrected chi connectivity index (χ1v) is 5.37. The minimum Gasteiger partial charge on any atom is -0.383 e. The van der Waals surface area contributed by atoms with Crippen molar-refractivity contribution in [2.24, 2.45) is 0 Å². The van der Waals surface area contributed by atoms with Gasteiger partial charge >= 0.3 is 0 Å². The van der Waals surface area contributed by atoms with Crippen LogP contribution in [0.2, 0.25) is 0 Å². The van der Waals surface area contributed by atoms with E-state index < -0.39 is 0 Å². The van der Waals surface area contributed by atoms with E-state index in [9.17, 15) is 0 Å². The van der Waals surface area contributed by atoms with E-state index in [1.54, 1.807) is 0 Å². The van der Waals surface area contributed by atoms with Gasteiger partial charge in [0.15, 0.2) is 0 Å². The van der Waals surface area contributed by atoms with Gasteiger partial charge in [0, 0.05) is 18.7 Å². The topological polar surface area (TPSA) is 84.0 Å². The summed E-state index contributed by atoms with van der Waals surface area (Å²) in [6, 6.07) is 2.12. The Morgan fingerprint density at radius 3 is 2.75 bits per heavy atom. The summed E-state index contributed by atoms with van der Waals surface area (Å²) in [6.45, 7) is 1.63. The van der Waals surface area contributed by atoms with Crippen LogP contribution in [0.5, 0.6) is 0 Å². The number of pyridine rings is 1. The third kappa shape index (κ3) is 1.45. The lowest BCUT2D eigenvalue weighted by Crippen LogP contribution is -2.30. The van der Waals surface area contributed by atoms with Gasteiger partial charge in [-0.15, -0.1) is 0 Å². The number of anilines is 1. The zero-order valence-electron chi connectivity index (χ0n) is 9.03. The Bertz CT molecular complexity index is 540. The molecule has 84 valence electrons. The van der Waals surface area contributed by atoms with E-state index in [2.05, 4.69) is 11.0 Å². The standard InChI is InChI=1S/C10H13N5S/c1-14-3-2-6-7(4-11)9(12)15(13)10(16)8(6)5-14/h2-3,5,12-13H2,1H3. The van der Waals surface area contributed by atoms with Crippen molar-refractivity contribution in [1.82, 2.24) is 9.58 Å². The van der Waals surface area contributed by atoms with Crippen LogP contribution >= 0.6 is 12.2 Å². The molecule has 6 heteroatoms.